The Bertz CT molecular complexity index is 1390. The normalized spacial score (nSPS) is 25.1. The van der Waals surface area contributed by atoms with E-state index in [1.807, 2.05) is 27.7 Å². The standard InChI is InChI=1S/C34H56N6O8S/c1-7-11-24(27(41)32(45)35-22-15-16-22)36-31(44)26-21-14-17-23(18-21)40(26)33(46)28(34(3,4)5)38-30(43)25(20-12-9-8-10-13-20)37-29(42)19(2)39-49(6,47)48/h19-26,28,39H,7-18H2,1-6H3,(H,35,45)(H,36,44)(H,37,42)(H,38,43)/t19-,21?,23?,24-,25-,26-,28+/m0/s1. The summed E-state index contributed by atoms with van der Waals surface area (Å²) in [5.41, 5.74) is -0.788. The average molecular weight is 709 g/mol. The van der Waals surface area contributed by atoms with Crippen LogP contribution in [0.4, 0.5) is 0 Å². The van der Waals surface area contributed by atoms with Gasteiger partial charge in [0.2, 0.25) is 39.4 Å². The van der Waals surface area contributed by atoms with E-state index in [-0.39, 0.29) is 30.3 Å². The van der Waals surface area contributed by atoms with E-state index in [4.69, 9.17) is 0 Å². The van der Waals surface area contributed by atoms with Gasteiger partial charge in [0, 0.05) is 12.1 Å². The third-order valence-corrected chi connectivity index (χ3v) is 11.1. The first-order valence-corrected chi connectivity index (χ1v) is 19.9. The van der Waals surface area contributed by atoms with Gasteiger partial charge in [0.25, 0.3) is 5.91 Å². The maximum absolute atomic E-state index is 14.5. The lowest BCUT2D eigenvalue weighted by atomic mass is 9.81. The molecular weight excluding hydrogens is 652 g/mol. The highest BCUT2D eigenvalue weighted by Gasteiger charge is 2.54. The Kier molecular flexibility index (Phi) is 12.5. The second-order valence-corrected chi connectivity index (χ2v) is 17.5. The number of carbonyl (C=O) groups is 6. The highest BCUT2D eigenvalue weighted by molar-refractivity contribution is 7.88. The van der Waals surface area contributed by atoms with Crippen LogP contribution in [0.3, 0.4) is 0 Å². The molecule has 14 nitrogen and oxygen atoms in total. The molecule has 276 valence electrons. The van der Waals surface area contributed by atoms with E-state index >= 15 is 0 Å². The maximum Gasteiger partial charge on any atom is 0.289 e. The summed E-state index contributed by atoms with van der Waals surface area (Å²) in [6, 6.07) is -5.25. The molecular formula is C34H56N6O8S. The summed E-state index contributed by atoms with van der Waals surface area (Å²) in [6.45, 7) is 8.72. The van der Waals surface area contributed by atoms with Gasteiger partial charge in [0.15, 0.2) is 0 Å². The number of ketones is 1. The smallest absolute Gasteiger partial charge is 0.289 e. The van der Waals surface area contributed by atoms with Crippen molar-refractivity contribution < 1.29 is 37.2 Å². The number of Topliss-reactive ketones (excluding diaryl/α,β-unsaturated/α-hetero) is 1. The van der Waals surface area contributed by atoms with Gasteiger partial charge in [-0.15, -0.1) is 0 Å². The molecule has 15 heteroatoms. The molecule has 49 heavy (non-hydrogen) atoms. The fourth-order valence-corrected chi connectivity index (χ4v) is 8.40. The lowest BCUT2D eigenvalue weighted by molar-refractivity contribution is -0.149. The predicted octanol–water partition coefficient (Wildman–Crippen LogP) is 1.03. The lowest BCUT2D eigenvalue weighted by Crippen LogP contribution is -2.64. The van der Waals surface area contributed by atoms with Gasteiger partial charge < -0.3 is 26.2 Å². The van der Waals surface area contributed by atoms with Crippen LogP contribution in [-0.2, 0) is 38.8 Å². The minimum atomic E-state index is -3.68. The Morgan fingerprint density at radius 2 is 1.51 bits per heavy atom. The second-order valence-electron chi connectivity index (χ2n) is 15.7. The van der Waals surface area contributed by atoms with Crippen LogP contribution in [0.2, 0.25) is 0 Å². The van der Waals surface area contributed by atoms with Crippen LogP contribution in [0, 0.1) is 17.3 Å². The van der Waals surface area contributed by atoms with Crippen molar-refractivity contribution >= 4 is 45.3 Å². The first-order chi connectivity index (χ1) is 22.9. The van der Waals surface area contributed by atoms with Crippen molar-refractivity contribution in [3.63, 3.8) is 0 Å². The minimum Gasteiger partial charge on any atom is -0.347 e. The molecule has 4 rings (SSSR count). The number of hydrogen-bond acceptors (Lipinski definition) is 8. The molecule has 0 spiro atoms. The zero-order chi connectivity index (χ0) is 36.3. The van der Waals surface area contributed by atoms with Crippen LogP contribution in [0.1, 0.15) is 112 Å². The molecule has 1 aliphatic heterocycles. The van der Waals surface area contributed by atoms with E-state index in [1.165, 1.54) is 6.92 Å². The van der Waals surface area contributed by atoms with Crippen molar-refractivity contribution in [1.29, 1.82) is 0 Å². The second kappa shape index (κ2) is 15.9. The van der Waals surface area contributed by atoms with Gasteiger partial charge >= 0.3 is 0 Å². The molecule has 0 aromatic carbocycles. The molecule has 1 saturated heterocycles. The Balaban J connectivity index is 1.54. The number of nitrogens with zero attached hydrogens (tertiary/aromatic N) is 1. The lowest BCUT2D eigenvalue weighted by Gasteiger charge is -2.41. The van der Waals surface area contributed by atoms with Gasteiger partial charge in [-0.1, -0.05) is 53.4 Å². The average Bonchev–Trinajstić information content (AvgIpc) is 3.59. The molecule has 2 unspecified atom stereocenters. The molecule has 3 saturated carbocycles. The monoisotopic (exact) mass is 708 g/mol. The number of sulfonamides is 1. The first-order valence-electron chi connectivity index (χ1n) is 18.0. The Hall–Kier alpha value is -3.07. The van der Waals surface area contributed by atoms with E-state index in [1.54, 1.807) is 4.90 Å². The molecule has 2 bridgehead atoms. The largest absolute Gasteiger partial charge is 0.347 e. The molecule has 1 heterocycles. The summed E-state index contributed by atoms with van der Waals surface area (Å²) in [5, 5.41) is 11.2. The zero-order valence-electron chi connectivity index (χ0n) is 29.8. The quantitative estimate of drug-likeness (QED) is 0.155. The Labute approximate surface area is 290 Å². The van der Waals surface area contributed by atoms with E-state index in [9.17, 15) is 37.2 Å². The number of piperidine rings is 1. The van der Waals surface area contributed by atoms with Crippen LogP contribution < -0.4 is 26.0 Å². The number of hydrogen-bond donors (Lipinski definition) is 5. The van der Waals surface area contributed by atoms with Crippen molar-refractivity contribution in [2.45, 2.75) is 154 Å². The predicted molar refractivity (Wildman–Crippen MR) is 182 cm³/mol. The van der Waals surface area contributed by atoms with E-state index in [0.29, 0.717) is 32.1 Å². The molecule has 3 aliphatic carbocycles. The number of nitrogens with one attached hydrogen (secondary N) is 5. The summed E-state index contributed by atoms with van der Waals surface area (Å²) in [6.07, 6.45) is 9.65. The SMILES string of the molecule is CCC[C@H](NC(=O)[C@@H]1C2CCC(C2)N1C(=O)[C@@H](NC(=O)[C@@H](NC(=O)[C@H](C)NS(C)(=O)=O)C1CCCCC1)C(C)(C)C)C(=O)C(=O)NC1CC1. The maximum atomic E-state index is 14.5. The summed E-state index contributed by atoms with van der Waals surface area (Å²) in [4.78, 5) is 82.8. The third kappa shape index (κ3) is 10.0. The first kappa shape index (κ1) is 38.7. The van der Waals surface area contributed by atoms with Crippen LogP contribution in [0.15, 0.2) is 0 Å². The third-order valence-electron chi connectivity index (χ3n) is 10.3. The van der Waals surface area contributed by atoms with E-state index in [2.05, 4.69) is 26.0 Å². The van der Waals surface area contributed by atoms with Crippen molar-refractivity contribution in [3.8, 4) is 0 Å². The number of amides is 5. The van der Waals surface area contributed by atoms with E-state index < -0.39 is 81.0 Å². The molecule has 0 aromatic rings. The summed E-state index contributed by atoms with van der Waals surface area (Å²) >= 11 is 0. The summed E-state index contributed by atoms with van der Waals surface area (Å²) in [7, 11) is -3.68. The van der Waals surface area contributed by atoms with Gasteiger partial charge in [-0.05, 0) is 75.5 Å². The van der Waals surface area contributed by atoms with Gasteiger partial charge in [0.05, 0.1) is 18.3 Å². The molecule has 4 aliphatic rings. The fourth-order valence-electron chi connectivity index (χ4n) is 7.65. The van der Waals surface area contributed by atoms with Gasteiger partial charge in [-0.3, -0.25) is 28.8 Å². The number of rotatable bonds is 15. The van der Waals surface area contributed by atoms with E-state index in [0.717, 1.165) is 44.8 Å². The highest BCUT2D eigenvalue weighted by atomic mass is 32.2. The molecule has 5 N–H and O–H groups in total. The molecule has 4 fully saturated rings. The highest BCUT2D eigenvalue weighted by Crippen LogP contribution is 2.44. The Morgan fingerprint density at radius 3 is 2.08 bits per heavy atom. The Morgan fingerprint density at radius 1 is 0.857 bits per heavy atom. The number of likely N-dealkylation sites (tertiary alicyclic amines) is 1. The van der Waals surface area contributed by atoms with Crippen LogP contribution >= 0.6 is 0 Å². The van der Waals surface area contributed by atoms with Crippen molar-refractivity contribution in [1.82, 2.24) is 30.9 Å². The van der Waals surface area contributed by atoms with Gasteiger partial charge in [-0.25, -0.2) is 13.1 Å². The van der Waals surface area contributed by atoms with Crippen molar-refractivity contribution in [2.75, 3.05) is 6.26 Å². The molecule has 7 atom stereocenters. The zero-order valence-corrected chi connectivity index (χ0v) is 30.6. The van der Waals surface area contributed by atoms with Crippen molar-refractivity contribution in [3.05, 3.63) is 0 Å². The number of carbonyl (C=O) groups excluding carboxylic acids is 6. The van der Waals surface area contributed by atoms with Gasteiger partial charge in [-0.2, -0.15) is 0 Å². The van der Waals surface area contributed by atoms with Crippen LogP contribution in [0.25, 0.3) is 0 Å². The molecule has 5 amide bonds. The summed E-state index contributed by atoms with van der Waals surface area (Å²) < 4.78 is 25.8. The van der Waals surface area contributed by atoms with Crippen LogP contribution in [-0.4, -0.2) is 97.2 Å². The van der Waals surface area contributed by atoms with Crippen molar-refractivity contribution in [2.24, 2.45) is 17.3 Å². The molecule has 0 radical (unpaired) electrons. The number of fused-ring (bicyclic) bond motifs is 2. The summed E-state index contributed by atoms with van der Waals surface area (Å²) in [5.74, 6) is -3.82. The van der Waals surface area contributed by atoms with Gasteiger partial charge in [0.1, 0.15) is 18.1 Å². The minimum absolute atomic E-state index is 0.00349. The molecule has 0 aromatic heterocycles. The fraction of sp³-hybridized carbons (Fsp3) is 0.824. The topological polar surface area (TPSA) is 200 Å². The van der Waals surface area contributed by atoms with Crippen LogP contribution in [0.5, 0.6) is 0 Å².